The summed E-state index contributed by atoms with van der Waals surface area (Å²) in [6.07, 6.45) is -1.44. The molecule has 0 atom stereocenters. The molecule has 3 aromatic heterocycles. The summed E-state index contributed by atoms with van der Waals surface area (Å²) in [4.78, 5) is 23.3. The van der Waals surface area contributed by atoms with Crippen LogP contribution in [0.4, 0.5) is 19.0 Å². The Kier molecular flexibility index (Phi) is 6.44. The second kappa shape index (κ2) is 9.27. The summed E-state index contributed by atoms with van der Waals surface area (Å²) in [6, 6.07) is 2.24. The quantitative estimate of drug-likeness (QED) is 0.380. The SMILES string of the molecule is CCCc1cc2c(N3CCn4c(nnc4C(F)(F)F)C3)nc(OCCCNC=O)nc2s1. The average molecular weight is 469 g/mol. The van der Waals surface area contributed by atoms with Crippen LogP contribution in [-0.4, -0.2) is 50.8 Å². The number of alkyl halides is 3. The molecule has 4 rings (SSSR count). The number of hydrogen-bond acceptors (Lipinski definition) is 8. The average Bonchev–Trinajstić information content (AvgIpc) is 3.36. The Morgan fingerprint density at radius 2 is 2.12 bits per heavy atom. The number of carbonyl (C=O) groups excluding carboxylic acids is 1. The van der Waals surface area contributed by atoms with Crippen molar-refractivity contribution in [3.05, 3.63) is 22.6 Å². The normalized spacial score (nSPS) is 13.9. The lowest BCUT2D eigenvalue weighted by Gasteiger charge is -2.29. The fourth-order valence-corrected chi connectivity index (χ4v) is 4.67. The maximum absolute atomic E-state index is 13.2. The molecule has 4 heterocycles. The monoisotopic (exact) mass is 469 g/mol. The van der Waals surface area contributed by atoms with Gasteiger partial charge in [0.05, 0.1) is 18.5 Å². The van der Waals surface area contributed by atoms with Gasteiger partial charge < -0.3 is 19.5 Å². The fourth-order valence-electron chi connectivity index (χ4n) is 3.56. The summed E-state index contributed by atoms with van der Waals surface area (Å²) in [5.74, 6) is -0.132. The Labute approximate surface area is 185 Å². The molecule has 9 nitrogen and oxygen atoms in total. The molecule has 1 amide bonds. The van der Waals surface area contributed by atoms with Crippen LogP contribution in [0, 0.1) is 0 Å². The summed E-state index contributed by atoms with van der Waals surface area (Å²) >= 11 is 1.56. The number of fused-ring (bicyclic) bond motifs is 2. The number of amides is 1. The Morgan fingerprint density at radius 3 is 2.88 bits per heavy atom. The zero-order valence-electron chi connectivity index (χ0n) is 17.4. The summed E-state index contributed by atoms with van der Waals surface area (Å²) < 4.78 is 46.3. The number of nitrogens with one attached hydrogen (secondary N) is 1. The van der Waals surface area contributed by atoms with Crippen LogP contribution in [0.3, 0.4) is 0 Å². The van der Waals surface area contributed by atoms with E-state index in [1.165, 1.54) is 0 Å². The molecule has 0 radical (unpaired) electrons. The van der Waals surface area contributed by atoms with Gasteiger partial charge in [-0.15, -0.1) is 21.5 Å². The molecule has 0 spiro atoms. The van der Waals surface area contributed by atoms with Crippen molar-refractivity contribution in [1.29, 1.82) is 0 Å². The summed E-state index contributed by atoms with van der Waals surface area (Å²) in [6.45, 7) is 3.46. The van der Waals surface area contributed by atoms with E-state index >= 15 is 0 Å². The van der Waals surface area contributed by atoms with Crippen LogP contribution in [0.1, 0.15) is 36.3 Å². The van der Waals surface area contributed by atoms with E-state index in [1.54, 1.807) is 11.3 Å². The van der Waals surface area contributed by atoms with Crippen LogP contribution in [0.25, 0.3) is 10.2 Å². The molecular weight excluding hydrogens is 447 g/mol. The van der Waals surface area contributed by atoms with E-state index in [1.807, 2.05) is 11.0 Å². The van der Waals surface area contributed by atoms with Crippen molar-refractivity contribution in [3.8, 4) is 6.01 Å². The summed E-state index contributed by atoms with van der Waals surface area (Å²) in [5.41, 5.74) is 0. The van der Waals surface area contributed by atoms with Crippen molar-refractivity contribution in [2.24, 2.45) is 0 Å². The number of carbonyl (C=O) groups is 1. The lowest BCUT2D eigenvalue weighted by atomic mass is 10.2. The number of halogens is 3. The van der Waals surface area contributed by atoms with E-state index in [4.69, 9.17) is 4.74 Å². The minimum absolute atomic E-state index is 0.0994. The fraction of sp³-hybridized carbons (Fsp3) is 0.526. The molecule has 0 unspecified atom stereocenters. The highest BCUT2D eigenvalue weighted by Crippen LogP contribution is 2.35. The van der Waals surface area contributed by atoms with Crippen LogP contribution in [0.5, 0.6) is 6.01 Å². The van der Waals surface area contributed by atoms with Gasteiger partial charge in [-0.3, -0.25) is 4.79 Å². The number of ether oxygens (including phenoxy) is 1. The molecule has 172 valence electrons. The molecule has 1 aliphatic rings. The summed E-state index contributed by atoms with van der Waals surface area (Å²) in [5, 5.41) is 10.5. The number of anilines is 1. The molecular formula is C19H22F3N7O2S. The van der Waals surface area contributed by atoms with Gasteiger partial charge in [0.1, 0.15) is 10.6 Å². The minimum Gasteiger partial charge on any atom is -0.463 e. The first-order valence-electron chi connectivity index (χ1n) is 10.2. The van der Waals surface area contributed by atoms with Gasteiger partial charge in [0.25, 0.3) is 0 Å². The van der Waals surface area contributed by atoms with Gasteiger partial charge in [-0.2, -0.15) is 23.1 Å². The predicted molar refractivity (Wildman–Crippen MR) is 112 cm³/mol. The first-order chi connectivity index (χ1) is 15.4. The van der Waals surface area contributed by atoms with Crippen LogP contribution in [0.2, 0.25) is 0 Å². The second-order valence-electron chi connectivity index (χ2n) is 7.30. The van der Waals surface area contributed by atoms with E-state index in [0.717, 1.165) is 32.5 Å². The Bertz CT molecular complexity index is 1100. The van der Waals surface area contributed by atoms with Gasteiger partial charge in [-0.1, -0.05) is 13.3 Å². The third kappa shape index (κ3) is 4.61. The third-order valence-electron chi connectivity index (χ3n) is 4.99. The van der Waals surface area contributed by atoms with Gasteiger partial charge in [0.15, 0.2) is 5.82 Å². The third-order valence-corrected chi connectivity index (χ3v) is 6.07. The van der Waals surface area contributed by atoms with Crippen molar-refractivity contribution in [2.75, 3.05) is 24.6 Å². The smallest absolute Gasteiger partial charge is 0.451 e. The maximum atomic E-state index is 13.2. The number of rotatable bonds is 9. The molecule has 13 heteroatoms. The number of thiophene rings is 1. The summed E-state index contributed by atoms with van der Waals surface area (Å²) in [7, 11) is 0. The van der Waals surface area contributed by atoms with Crippen molar-refractivity contribution in [2.45, 2.75) is 45.5 Å². The highest BCUT2D eigenvalue weighted by Gasteiger charge is 2.39. The molecule has 32 heavy (non-hydrogen) atoms. The molecule has 0 aliphatic carbocycles. The van der Waals surface area contributed by atoms with E-state index in [-0.39, 0.29) is 24.9 Å². The van der Waals surface area contributed by atoms with Gasteiger partial charge in [0.2, 0.25) is 12.2 Å². The lowest BCUT2D eigenvalue weighted by Crippen LogP contribution is -2.36. The number of aryl methyl sites for hydroxylation is 1. The molecule has 0 saturated carbocycles. The zero-order valence-corrected chi connectivity index (χ0v) is 18.2. The molecule has 1 N–H and O–H groups in total. The lowest BCUT2D eigenvalue weighted by molar-refractivity contribution is -0.147. The Hall–Kier alpha value is -2.96. The van der Waals surface area contributed by atoms with Crippen molar-refractivity contribution in [3.63, 3.8) is 0 Å². The van der Waals surface area contributed by atoms with E-state index < -0.39 is 12.0 Å². The predicted octanol–water partition coefficient (Wildman–Crippen LogP) is 2.79. The maximum Gasteiger partial charge on any atom is 0.451 e. The van der Waals surface area contributed by atoms with Crippen molar-refractivity contribution < 1.29 is 22.7 Å². The minimum atomic E-state index is -4.54. The standard InChI is InChI=1S/C19H22F3N7O2S/c1-2-4-12-9-13-15(24-18(25-16(13)32-12)31-8-3-5-23-11-30)28-6-7-29-14(10-28)26-27-17(29)19(20,21)22/h9,11H,2-8,10H2,1H3,(H,23,30). The van der Waals surface area contributed by atoms with E-state index in [9.17, 15) is 18.0 Å². The number of hydrogen-bond donors (Lipinski definition) is 1. The second-order valence-corrected chi connectivity index (χ2v) is 8.41. The Balaban J connectivity index is 1.62. The molecule has 0 aromatic carbocycles. The number of aromatic nitrogens is 5. The highest BCUT2D eigenvalue weighted by molar-refractivity contribution is 7.18. The zero-order chi connectivity index (χ0) is 22.7. The molecule has 3 aromatic rings. The topological polar surface area (TPSA) is 98.1 Å². The van der Waals surface area contributed by atoms with Crippen LogP contribution in [0.15, 0.2) is 6.07 Å². The molecule has 0 fully saturated rings. The van der Waals surface area contributed by atoms with Gasteiger partial charge in [0, 0.05) is 24.5 Å². The van der Waals surface area contributed by atoms with Crippen molar-refractivity contribution in [1.82, 2.24) is 30.0 Å². The van der Waals surface area contributed by atoms with Crippen LogP contribution >= 0.6 is 11.3 Å². The van der Waals surface area contributed by atoms with Crippen molar-refractivity contribution >= 4 is 33.8 Å². The van der Waals surface area contributed by atoms with E-state index in [0.29, 0.717) is 38.3 Å². The number of nitrogens with zero attached hydrogens (tertiary/aromatic N) is 6. The molecule has 0 bridgehead atoms. The van der Waals surface area contributed by atoms with Gasteiger partial charge >= 0.3 is 12.2 Å². The first-order valence-corrected chi connectivity index (χ1v) is 11.1. The van der Waals surface area contributed by atoms with Gasteiger partial charge in [-0.25, -0.2) is 0 Å². The molecule has 0 saturated heterocycles. The van der Waals surface area contributed by atoms with Gasteiger partial charge in [-0.05, 0) is 18.9 Å². The highest BCUT2D eigenvalue weighted by atomic mass is 32.1. The Morgan fingerprint density at radius 1 is 1.28 bits per heavy atom. The van der Waals surface area contributed by atoms with Crippen LogP contribution in [-0.2, 0) is 30.5 Å². The van der Waals surface area contributed by atoms with Crippen LogP contribution < -0.4 is 15.0 Å². The largest absolute Gasteiger partial charge is 0.463 e. The molecule has 1 aliphatic heterocycles. The van der Waals surface area contributed by atoms with E-state index in [2.05, 4.69) is 32.4 Å². The first kappa shape index (κ1) is 22.2.